The van der Waals surface area contributed by atoms with Crippen molar-refractivity contribution in [3.63, 3.8) is 0 Å². The summed E-state index contributed by atoms with van der Waals surface area (Å²) in [7, 11) is 3.36. The van der Waals surface area contributed by atoms with Gasteiger partial charge in [0.1, 0.15) is 11.5 Å². The lowest BCUT2D eigenvalue weighted by atomic mass is 10.0. The molecule has 0 aliphatic carbocycles. The number of H-pyrrole nitrogens is 2. The largest absolute Gasteiger partial charge is 0.497 e. The number of methoxy groups -OCH3 is 2. The number of ether oxygens (including phenoxy) is 2. The summed E-state index contributed by atoms with van der Waals surface area (Å²) in [5.74, 6) is 1.60. The van der Waals surface area contributed by atoms with Crippen LogP contribution in [0.15, 0.2) is 164 Å². The molecule has 10 heteroatoms. The highest BCUT2D eigenvalue weighted by atomic mass is 16.5. The summed E-state index contributed by atoms with van der Waals surface area (Å²) in [6.45, 7) is 16.2. The van der Waals surface area contributed by atoms with Gasteiger partial charge in [0, 0.05) is 57.6 Å². The number of hydrogen-bond acceptors (Lipinski definition) is 6. The van der Waals surface area contributed by atoms with Crippen LogP contribution in [-0.2, 0) is 19.5 Å². The number of aromatic nitrogens is 8. The Kier molecular flexibility index (Phi) is 15.3. The lowest BCUT2D eigenvalue weighted by Gasteiger charge is -2.08. The second-order valence-electron chi connectivity index (χ2n) is 16.7. The summed E-state index contributed by atoms with van der Waals surface area (Å²) >= 11 is 0. The van der Waals surface area contributed by atoms with Crippen LogP contribution in [0.25, 0.3) is 90.1 Å². The van der Waals surface area contributed by atoms with Gasteiger partial charge in [-0.3, -0.25) is 19.6 Å². The topological polar surface area (TPSA) is 111 Å². The molecule has 0 amide bonds. The highest BCUT2D eigenvalue weighted by Crippen LogP contribution is 2.35. The molecule has 2 N–H and O–H groups in total. The van der Waals surface area contributed by atoms with Crippen LogP contribution in [0, 0.1) is 13.8 Å². The molecule has 4 heterocycles. The van der Waals surface area contributed by atoms with Crippen molar-refractivity contribution < 1.29 is 9.47 Å². The van der Waals surface area contributed by atoms with E-state index in [-0.39, 0.29) is 0 Å². The van der Waals surface area contributed by atoms with Gasteiger partial charge in [-0.1, -0.05) is 112 Å². The lowest BCUT2D eigenvalue weighted by Crippen LogP contribution is -2.01. The summed E-state index contributed by atoms with van der Waals surface area (Å²) in [6, 6.07) is 56.6. The van der Waals surface area contributed by atoms with Crippen molar-refractivity contribution in [3.8, 4) is 102 Å². The van der Waals surface area contributed by atoms with E-state index in [9.17, 15) is 0 Å². The number of aryl methyl sites for hydroxylation is 5. The minimum atomic E-state index is 0.762. The van der Waals surface area contributed by atoms with Gasteiger partial charge in [0.25, 0.3) is 0 Å². The van der Waals surface area contributed by atoms with Crippen LogP contribution in [0.3, 0.4) is 0 Å². The van der Waals surface area contributed by atoms with Gasteiger partial charge in [-0.25, -0.2) is 0 Å². The predicted molar refractivity (Wildman–Crippen MR) is 287 cm³/mol. The average molecular weight is 927 g/mol. The molecule has 0 saturated carbocycles. The third-order valence-electron chi connectivity index (χ3n) is 12.4. The maximum atomic E-state index is 5.58. The number of nitrogens with zero attached hydrogens (tertiary/aromatic N) is 6. The van der Waals surface area contributed by atoms with E-state index < -0.39 is 0 Å². The third kappa shape index (κ3) is 10.6. The Labute approximate surface area is 412 Å². The molecular formula is C60H62N8O2. The first-order valence-corrected chi connectivity index (χ1v) is 24.2. The fourth-order valence-electron chi connectivity index (χ4n) is 8.55. The fourth-order valence-corrected chi connectivity index (χ4v) is 8.55. The summed E-state index contributed by atoms with van der Waals surface area (Å²) in [5, 5.41) is 25.3. The molecule has 0 aliphatic rings. The predicted octanol–water partition coefficient (Wildman–Crippen LogP) is 14.8. The van der Waals surface area contributed by atoms with Crippen LogP contribution >= 0.6 is 0 Å². The van der Waals surface area contributed by atoms with Crippen LogP contribution < -0.4 is 9.47 Å². The molecule has 70 heavy (non-hydrogen) atoms. The van der Waals surface area contributed by atoms with Crippen molar-refractivity contribution in [1.82, 2.24) is 40.0 Å². The Balaban J connectivity index is 0.000000183. The van der Waals surface area contributed by atoms with E-state index in [0.717, 1.165) is 121 Å². The minimum Gasteiger partial charge on any atom is -0.497 e. The van der Waals surface area contributed by atoms with Gasteiger partial charge in [-0.2, -0.15) is 20.4 Å². The molecule has 0 saturated heterocycles. The molecule has 0 spiro atoms. The van der Waals surface area contributed by atoms with E-state index in [0.29, 0.717) is 0 Å². The second-order valence-corrected chi connectivity index (χ2v) is 16.7. The molecular weight excluding hydrogens is 865 g/mol. The number of hydrogen-bond donors (Lipinski definition) is 2. The van der Waals surface area contributed by atoms with Crippen molar-refractivity contribution in [2.24, 2.45) is 0 Å². The van der Waals surface area contributed by atoms with E-state index >= 15 is 0 Å². The molecule has 0 unspecified atom stereocenters. The Hall–Kier alpha value is -8.24. The normalized spacial score (nSPS) is 10.8. The summed E-state index contributed by atoms with van der Waals surface area (Å²) in [6.07, 6.45) is 1.04. The number of benzene rings is 6. The molecule has 10 aromatic rings. The van der Waals surface area contributed by atoms with E-state index in [1.807, 2.05) is 62.4 Å². The highest BCUT2D eigenvalue weighted by molar-refractivity contribution is 5.78. The van der Waals surface area contributed by atoms with Gasteiger partial charge in [0.2, 0.25) is 0 Å². The Morgan fingerprint density at radius 3 is 1.30 bits per heavy atom. The minimum absolute atomic E-state index is 0.762. The van der Waals surface area contributed by atoms with Crippen LogP contribution in [-0.4, -0.2) is 54.2 Å². The van der Waals surface area contributed by atoms with E-state index in [1.54, 1.807) is 14.2 Å². The second kappa shape index (κ2) is 22.2. The van der Waals surface area contributed by atoms with Gasteiger partial charge >= 0.3 is 0 Å². The third-order valence-corrected chi connectivity index (χ3v) is 12.4. The molecule has 0 aliphatic heterocycles. The molecule has 10 rings (SSSR count). The quantitative estimate of drug-likeness (QED) is 0.119. The maximum Gasteiger partial charge on any atom is 0.120 e. The molecule has 0 bridgehead atoms. The van der Waals surface area contributed by atoms with Crippen LogP contribution in [0.5, 0.6) is 11.5 Å². The first-order valence-electron chi connectivity index (χ1n) is 24.2. The van der Waals surface area contributed by atoms with Crippen molar-refractivity contribution in [3.05, 3.63) is 180 Å². The summed E-state index contributed by atoms with van der Waals surface area (Å²) in [4.78, 5) is 0. The molecule has 4 aromatic heterocycles. The average Bonchev–Trinajstić information content (AvgIpc) is 4.27. The first-order chi connectivity index (χ1) is 34.2. The zero-order valence-corrected chi connectivity index (χ0v) is 41.7. The lowest BCUT2D eigenvalue weighted by molar-refractivity contribution is 0.415. The first kappa shape index (κ1) is 48.2. The van der Waals surface area contributed by atoms with Crippen molar-refractivity contribution in [1.29, 1.82) is 0 Å². The molecule has 0 fully saturated rings. The van der Waals surface area contributed by atoms with Gasteiger partial charge in [0.15, 0.2) is 0 Å². The van der Waals surface area contributed by atoms with E-state index in [1.165, 1.54) is 16.7 Å². The Morgan fingerprint density at radius 1 is 0.429 bits per heavy atom. The molecule has 0 atom stereocenters. The van der Waals surface area contributed by atoms with E-state index in [2.05, 4.69) is 180 Å². The number of aromatic amines is 2. The highest BCUT2D eigenvalue weighted by Gasteiger charge is 2.17. The van der Waals surface area contributed by atoms with Crippen LogP contribution in [0.4, 0.5) is 0 Å². The van der Waals surface area contributed by atoms with Crippen LogP contribution in [0.2, 0.25) is 0 Å². The molecule has 0 radical (unpaired) electrons. The standard InChI is InChI=1S/C31H32N4O.C27H24N4O.C2H6/c1-5-22-11-13-23(14-12-22)28-20-30(34(6-2)32-28)25-9-8-10-26(19-25)31-21-29(33-35(31)7-3)24-15-17-27(36-4)18-16-24;1-17-8-4-6-10-22(17)26-15-24(28-30-26)19-12-20(14-21(13-19)32-3)25-16-27(31-29-25)23-11-7-5-9-18(23)2;1-2/h8-21H,5-7H2,1-4H3;4-16H,1-3H3,(H,28,30)(H,29,31);1-2H3. The van der Waals surface area contributed by atoms with Crippen molar-refractivity contribution >= 4 is 0 Å². The number of rotatable bonds is 13. The summed E-state index contributed by atoms with van der Waals surface area (Å²) < 4.78 is 15.0. The SMILES string of the molecule is CC.CCc1ccc(-c2cc(-c3cccc(-c4cc(-c5ccc(OC)cc5)nn4CC)c3)n(CC)n2)cc1.COc1cc(-c2cc(-c3ccccc3C)[nH]n2)cc(-c2cc(-c3ccccc3C)[nH]n2)c1. The monoisotopic (exact) mass is 926 g/mol. The van der Waals surface area contributed by atoms with Gasteiger partial charge in [-0.05, 0) is 124 Å². The van der Waals surface area contributed by atoms with Crippen LogP contribution in [0.1, 0.15) is 51.3 Å². The Morgan fingerprint density at radius 2 is 0.871 bits per heavy atom. The molecule has 10 nitrogen and oxygen atoms in total. The van der Waals surface area contributed by atoms with E-state index in [4.69, 9.17) is 19.7 Å². The smallest absolute Gasteiger partial charge is 0.120 e. The maximum absolute atomic E-state index is 5.58. The van der Waals surface area contributed by atoms with Crippen molar-refractivity contribution in [2.45, 2.75) is 68.0 Å². The van der Waals surface area contributed by atoms with Gasteiger partial charge < -0.3 is 9.47 Å². The number of nitrogens with one attached hydrogen (secondary N) is 2. The zero-order chi connectivity index (χ0) is 49.1. The fraction of sp³-hybridized carbons (Fsp3) is 0.200. The molecule has 6 aromatic carbocycles. The zero-order valence-electron chi connectivity index (χ0n) is 41.7. The summed E-state index contributed by atoms with van der Waals surface area (Å²) in [5.41, 5.74) is 20.3. The van der Waals surface area contributed by atoms with Gasteiger partial charge in [0.05, 0.1) is 59.8 Å². The molecule has 354 valence electrons. The van der Waals surface area contributed by atoms with Gasteiger partial charge in [-0.15, -0.1) is 0 Å². The van der Waals surface area contributed by atoms with Crippen molar-refractivity contribution in [2.75, 3.05) is 14.2 Å². The Bertz CT molecular complexity index is 3090.